The Balaban J connectivity index is 1.82. The summed E-state index contributed by atoms with van der Waals surface area (Å²) in [6.07, 6.45) is 1.44. The molecular weight excluding hydrogens is 332 g/mol. The van der Waals surface area contributed by atoms with Gasteiger partial charge in [-0.25, -0.2) is 4.79 Å². The van der Waals surface area contributed by atoms with Crippen molar-refractivity contribution in [1.82, 2.24) is 15.2 Å². The van der Waals surface area contributed by atoms with Gasteiger partial charge < -0.3 is 15.4 Å². The van der Waals surface area contributed by atoms with Gasteiger partial charge in [0.2, 0.25) is 5.95 Å². The van der Waals surface area contributed by atoms with E-state index >= 15 is 0 Å². The van der Waals surface area contributed by atoms with E-state index in [2.05, 4.69) is 31.9 Å². The highest BCUT2D eigenvalue weighted by Crippen LogP contribution is 2.21. The van der Waals surface area contributed by atoms with Crippen LogP contribution in [0.15, 0.2) is 54.7 Å². The van der Waals surface area contributed by atoms with Gasteiger partial charge in [0, 0.05) is 5.69 Å². The van der Waals surface area contributed by atoms with Gasteiger partial charge in [0.1, 0.15) is 0 Å². The van der Waals surface area contributed by atoms with Gasteiger partial charge in [-0.05, 0) is 30.3 Å². The summed E-state index contributed by atoms with van der Waals surface area (Å²) in [6, 6.07) is 15.9. The second kappa shape index (κ2) is 7.72. The Bertz CT molecular complexity index is 983. The van der Waals surface area contributed by atoms with Crippen molar-refractivity contribution in [3.63, 3.8) is 0 Å². The van der Waals surface area contributed by atoms with Crippen molar-refractivity contribution in [2.75, 3.05) is 17.7 Å². The molecule has 0 saturated carbocycles. The van der Waals surface area contributed by atoms with Crippen LogP contribution in [0.2, 0.25) is 0 Å². The number of nitrogens with zero attached hydrogens (tertiary/aromatic N) is 4. The summed E-state index contributed by atoms with van der Waals surface area (Å²) in [7, 11) is 1.32. The third-order valence-electron chi connectivity index (χ3n) is 3.40. The third-order valence-corrected chi connectivity index (χ3v) is 3.40. The SMILES string of the molecule is COC(=O)c1ccccc1Nc1cnnc(Nc2cccc(C#N)c2)n1. The zero-order valence-corrected chi connectivity index (χ0v) is 13.8. The predicted octanol–water partition coefficient (Wildman–Crippen LogP) is 3.02. The zero-order valence-electron chi connectivity index (χ0n) is 13.8. The van der Waals surface area contributed by atoms with Crippen LogP contribution in [0.25, 0.3) is 0 Å². The minimum atomic E-state index is -0.457. The second-order valence-corrected chi connectivity index (χ2v) is 5.14. The van der Waals surface area contributed by atoms with E-state index in [1.807, 2.05) is 0 Å². The molecule has 128 valence electrons. The number of nitrogens with one attached hydrogen (secondary N) is 2. The van der Waals surface area contributed by atoms with Crippen molar-refractivity contribution in [1.29, 1.82) is 5.26 Å². The lowest BCUT2D eigenvalue weighted by Gasteiger charge is -2.10. The number of aromatic nitrogens is 3. The van der Waals surface area contributed by atoms with Gasteiger partial charge in [0.15, 0.2) is 5.82 Å². The van der Waals surface area contributed by atoms with Gasteiger partial charge in [0.25, 0.3) is 0 Å². The van der Waals surface area contributed by atoms with Gasteiger partial charge >= 0.3 is 5.97 Å². The number of methoxy groups -OCH3 is 1. The van der Waals surface area contributed by atoms with E-state index in [-0.39, 0.29) is 5.95 Å². The van der Waals surface area contributed by atoms with E-state index in [9.17, 15) is 4.79 Å². The summed E-state index contributed by atoms with van der Waals surface area (Å²) < 4.78 is 4.77. The number of anilines is 4. The first-order chi connectivity index (χ1) is 12.7. The number of ether oxygens (including phenoxy) is 1. The number of nitriles is 1. The Morgan fingerprint density at radius 1 is 1.15 bits per heavy atom. The quantitative estimate of drug-likeness (QED) is 0.678. The minimum absolute atomic E-state index is 0.251. The molecule has 26 heavy (non-hydrogen) atoms. The molecule has 0 unspecified atom stereocenters. The molecule has 8 nitrogen and oxygen atoms in total. The fourth-order valence-corrected chi connectivity index (χ4v) is 2.23. The summed E-state index contributed by atoms with van der Waals surface area (Å²) >= 11 is 0. The normalized spacial score (nSPS) is 9.85. The molecule has 2 aromatic carbocycles. The monoisotopic (exact) mass is 346 g/mol. The van der Waals surface area contributed by atoms with Gasteiger partial charge in [-0.15, -0.1) is 5.10 Å². The van der Waals surface area contributed by atoms with Gasteiger partial charge in [-0.1, -0.05) is 18.2 Å². The van der Waals surface area contributed by atoms with Crippen molar-refractivity contribution in [3.8, 4) is 6.07 Å². The topological polar surface area (TPSA) is 113 Å². The van der Waals surface area contributed by atoms with Crippen molar-refractivity contribution >= 4 is 29.1 Å². The molecule has 0 bridgehead atoms. The van der Waals surface area contributed by atoms with Gasteiger partial charge in [-0.2, -0.15) is 15.3 Å². The summed E-state index contributed by atoms with van der Waals surface area (Å²) in [5.41, 5.74) is 2.10. The second-order valence-electron chi connectivity index (χ2n) is 5.14. The van der Waals surface area contributed by atoms with E-state index in [4.69, 9.17) is 10.00 Å². The van der Waals surface area contributed by atoms with Crippen LogP contribution in [-0.2, 0) is 4.74 Å². The minimum Gasteiger partial charge on any atom is -0.465 e. The van der Waals surface area contributed by atoms with Crippen LogP contribution in [0.1, 0.15) is 15.9 Å². The highest BCUT2D eigenvalue weighted by molar-refractivity contribution is 5.96. The standard InChI is InChI=1S/C18H14N6O2/c1-26-17(25)14-7-2-3-8-15(14)22-16-11-20-24-18(23-16)21-13-6-4-5-12(9-13)10-19/h2-9,11H,1H3,(H2,21,22,23,24). The Kier molecular flexibility index (Phi) is 5.00. The largest absolute Gasteiger partial charge is 0.465 e. The summed E-state index contributed by atoms with van der Waals surface area (Å²) in [6.45, 7) is 0. The molecule has 0 radical (unpaired) electrons. The molecule has 0 fully saturated rings. The molecule has 3 aromatic rings. The van der Waals surface area contributed by atoms with Crippen LogP contribution >= 0.6 is 0 Å². The molecule has 1 heterocycles. The molecule has 0 amide bonds. The Morgan fingerprint density at radius 3 is 2.81 bits per heavy atom. The maximum atomic E-state index is 11.8. The van der Waals surface area contributed by atoms with Crippen molar-refractivity contribution in [2.24, 2.45) is 0 Å². The summed E-state index contributed by atoms with van der Waals surface area (Å²) in [5.74, 6) is 0.192. The van der Waals surface area contributed by atoms with Crippen LogP contribution in [0, 0.1) is 11.3 Å². The van der Waals surface area contributed by atoms with E-state index < -0.39 is 5.97 Å². The maximum Gasteiger partial charge on any atom is 0.339 e. The zero-order chi connectivity index (χ0) is 18.4. The number of benzene rings is 2. The van der Waals surface area contributed by atoms with E-state index in [0.29, 0.717) is 28.3 Å². The number of hydrogen-bond donors (Lipinski definition) is 2. The molecule has 0 aliphatic rings. The van der Waals surface area contributed by atoms with Gasteiger partial charge in [0.05, 0.1) is 36.2 Å². The molecule has 0 saturated heterocycles. The molecule has 0 aliphatic heterocycles. The molecule has 1 aromatic heterocycles. The van der Waals surface area contributed by atoms with E-state index in [1.54, 1.807) is 48.5 Å². The lowest BCUT2D eigenvalue weighted by atomic mass is 10.2. The molecular formula is C18H14N6O2. The third kappa shape index (κ3) is 3.91. The number of rotatable bonds is 5. The van der Waals surface area contributed by atoms with E-state index in [0.717, 1.165) is 0 Å². The van der Waals surface area contributed by atoms with Crippen molar-refractivity contribution in [3.05, 3.63) is 65.9 Å². The first-order valence-electron chi connectivity index (χ1n) is 7.61. The average Bonchev–Trinajstić information content (AvgIpc) is 2.68. The van der Waals surface area contributed by atoms with Crippen LogP contribution in [0.4, 0.5) is 23.1 Å². The number of para-hydroxylation sites is 1. The van der Waals surface area contributed by atoms with E-state index in [1.165, 1.54) is 13.3 Å². The van der Waals surface area contributed by atoms with Crippen LogP contribution < -0.4 is 10.6 Å². The Hall–Kier alpha value is -3.99. The smallest absolute Gasteiger partial charge is 0.339 e. The fourth-order valence-electron chi connectivity index (χ4n) is 2.23. The first-order valence-corrected chi connectivity index (χ1v) is 7.61. The van der Waals surface area contributed by atoms with Crippen LogP contribution in [0.3, 0.4) is 0 Å². The Morgan fingerprint density at radius 2 is 2.00 bits per heavy atom. The molecule has 0 spiro atoms. The first kappa shape index (κ1) is 16.9. The summed E-state index contributed by atoms with van der Waals surface area (Å²) in [5, 5.41) is 22.8. The number of carbonyl (C=O) groups is 1. The maximum absolute atomic E-state index is 11.8. The fraction of sp³-hybridized carbons (Fsp3) is 0.0556. The van der Waals surface area contributed by atoms with Crippen LogP contribution in [0.5, 0.6) is 0 Å². The highest BCUT2D eigenvalue weighted by atomic mass is 16.5. The number of carbonyl (C=O) groups excluding carboxylic acids is 1. The lowest BCUT2D eigenvalue weighted by Crippen LogP contribution is -2.07. The van der Waals surface area contributed by atoms with Crippen LogP contribution in [-0.4, -0.2) is 28.3 Å². The predicted molar refractivity (Wildman–Crippen MR) is 95.3 cm³/mol. The number of hydrogen-bond acceptors (Lipinski definition) is 8. The molecule has 0 aliphatic carbocycles. The van der Waals surface area contributed by atoms with Gasteiger partial charge in [-0.3, -0.25) is 0 Å². The number of esters is 1. The molecule has 3 rings (SSSR count). The van der Waals surface area contributed by atoms with Crippen molar-refractivity contribution < 1.29 is 9.53 Å². The Labute approximate surface area is 149 Å². The molecule has 0 atom stereocenters. The molecule has 2 N–H and O–H groups in total. The average molecular weight is 346 g/mol. The lowest BCUT2D eigenvalue weighted by molar-refractivity contribution is 0.0602. The van der Waals surface area contributed by atoms with Crippen molar-refractivity contribution in [2.45, 2.75) is 0 Å². The highest BCUT2D eigenvalue weighted by Gasteiger charge is 2.12. The summed E-state index contributed by atoms with van der Waals surface area (Å²) in [4.78, 5) is 16.2. The molecule has 8 heteroatoms.